The lowest BCUT2D eigenvalue weighted by molar-refractivity contribution is -0.152. The molecule has 3 rings (SSSR count). The number of carboxylic acid groups (broad SMARTS) is 1. The summed E-state index contributed by atoms with van der Waals surface area (Å²) in [5, 5.41) is 12.1. The van der Waals surface area contributed by atoms with Crippen molar-refractivity contribution in [1.82, 2.24) is 5.32 Å². The lowest BCUT2D eigenvalue weighted by Crippen LogP contribution is -2.59. The van der Waals surface area contributed by atoms with Crippen molar-refractivity contribution in [3.05, 3.63) is 34.6 Å². The average Bonchev–Trinajstić information content (AvgIpc) is 3.13. The number of halogens is 2. The van der Waals surface area contributed by atoms with Gasteiger partial charge in [-0.05, 0) is 37.8 Å². The van der Waals surface area contributed by atoms with Gasteiger partial charge < -0.3 is 10.4 Å². The third kappa shape index (κ3) is 2.39. The van der Waals surface area contributed by atoms with Crippen molar-refractivity contribution in [2.45, 2.75) is 37.1 Å². The van der Waals surface area contributed by atoms with Crippen molar-refractivity contribution in [3.63, 3.8) is 0 Å². The van der Waals surface area contributed by atoms with Gasteiger partial charge in [-0.15, -0.1) is 0 Å². The second-order valence-electron chi connectivity index (χ2n) is 5.81. The number of carbonyl (C=O) groups is 2. The van der Waals surface area contributed by atoms with Crippen molar-refractivity contribution in [1.29, 1.82) is 0 Å². The Morgan fingerprint density at radius 3 is 2.62 bits per heavy atom. The maximum atomic E-state index is 13.8. The van der Waals surface area contributed by atoms with Gasteiger partial charge in [-0.3, -0.25) is 4.79 Å². The molecule has 4 nitrogen and oxygen atoms in total. The van der Waals surface area contributed by atoms with E-state index >= 15 is 0 Å². The van der Waals surface area contributed by atoms with Gasteiger partial charge in [-0.1, -0.05) is 17.7 Å². The van der Waals surface area contributed by atoms with Gasteiger partial charge in [0.15, 0.2) is 0 Å². The zero-order valence-electron chi connectivity index (χ0n) is 11.2. The molecule has 2 aliphatic carbocycles. The molecule has 21 heavy (non-hydrogen) atoms. The second kappa shape index (κ2) is 4.98. The molecule has 6 heteroatoms. The summed E-state index contributed by atoms with van der Waals surface area (Å²) >= 11 is 5.99. The molecule has 2 saturated carbocycles. The van der Waals surface area contributed by atoms with Gasteiger partial charge in [0.1, 0.15) is 11.4 Å². The average molecular weight is 312 g/mol. The predicted molar refractivity (Wildman–Crippen MR) is 74.6 cm³/mol. The van der Waals surface area contributed by atoms with Crippen LogP contribution in [0.2, 0.25) is 5.02 Å². The standard InChI is InChI=1S/C15H15ClFNO3/c16-10-3-1-4-11(17)12(10)8-7-9(8)13(19)18-15(14(20)21)5-2-6-15/h1,3-4,8-9H,2,5-7H2,(H,18,19)(H,20,21)/t8-,9-/m0/s1. The van der Waals surface area contributed by atoms with Crippen LogP contribution in [-0.2, 0) is 9.59 Å². The van der Waals surface area contributed by atoms with Crippen LogP contribution in [0.3, 0.4) is 0 Å². The van der Waals surface area contributed by atoms with E-state index in [1.807, 2.05) is 0 Å². The molecule has 2 fully saturated rings. The molecule has 1 aromatic carbocycles. The van der Waals surface area contributed by atoms with E-state index in [-0.39, 0.29) is 11.8 Å². The molecule has 2 aliphatic rings. The SMILES string of the molecule is O=C(NC1(C(=O)O)CCC1)[C@H]1C[C@@H]1c1c(F)cccc1Cl. The maximum absolute atomic E-state index is 13.8. The van der Waals surface area contributed by atoms with Crippen LogP contribution < -0.4 is 5.32 Å². The highest BCUT2D eigenvalue weighted by molar-refractivity contribution is 6.31. The quantitative estimate of drug-likeness (QED) is 0.898. The third-order valence-corrected chi connectivity index (χ3v) is 4.81. The van der Waals surface area contributed by atoms with Crippen LogP contribution in [0.15, 0.2) is 18.2 Å². The van der Waals surface area contributed by atoms with Gasteiger partial charge in [0.2, 0.25) is 5.91 Å². The van der Waals surface area contributed by atoms with Gasteiger partial charge in [-0.2, -0.15) is 0 Å². The van der Waals surface area contributed by atoms with Crippen LogP contribution in [0.1, 0.15) is 37.2 Å². The number of carboxylic acids is 1. The molecule has 0 aromatic heterocycles. The van der Waals surface area contributed by atoms with Gasteiger partial charge in [-0.25, -0.2) is 9.18 Å². The molecular formula is C15H15ClFNO3. The number of hydrogen-bond acceptors (Lipinski definition) is 2. The highest BCUT2D eigenvalue weighted by atomic mass is 35.5. The Hall–Kier alpha value is -1.62. The summed E-state index contributed by atoms with van der Waals surface area (Å²) in [6, 6.07) is 4.43. The number of hydrogen-bond donors (Lipinski definition) is 2. The van der Waals surface area contributed by atoms with E-state index in [1.165, 1.54) is 12.1 Å². The molecule has 2 N–H and O–H groups in total. The van der Waals surface area contributed by atoms with Gasteiger partial charge in [0.05, 0.1) is 0 Å². The molecule has 0 radical (unpaired) electrons. The summed E-state index contributed by atoms with van der Waals surface area (Å²) in [6.07, 6.45) is 2.19. The van der Waals surface area contributed by atoms with E-state index in [2.05, 4.69) is 5.32 Å². The Bertz CT molecular complexity index is 595. The molecule has 2 atom stereocenters. The Morgan fingerprint density at radius 1 is 1.38 bits per heavy atom. The van der Waals surface area contributed by atoms with E-state index in [0.29, 0.717) is 29.8 Å². The minimum atomic E-state index is -1.12. The predicted octanol–water partition coefficient (Wildman–Crippen LogP) is 2.71. The monoisotopic (exact) mass is 311 g/mol. The fourth-order valence-corrected chi connectivity index (χ4v) is 3.22. The summed E-state index contributed by atoms with van der Waals surface area (Å²) in [7, 11) is 0. The van der Waals surface area contributed by atoms with Crippen LogP contribution in [0.4, 0.5) is 4.39 Å². The maximum Gasteiger partial charge on any atom is 0.329 e. The van der Waals surface area contributed by atoms with Gasteiger partial charge in [0.25, 0.3) is 0 Å². The van der Waals surface area contributed by atoms with Crippen LogP contribution in [0.5, 0.6) is 0 Å². The molecule has 0 heterocycles. The smallest absolute Gasteiger partial charge is 0.329 e. The summed E-state index contributed by atoms with van der Waals surface area (Å²) in [6.45, 7) is 0. The van der Waals surface area contributed by atoms with Crippen molar-refractivity contribution in [3.8, 4) is 0 Å². The molecule has 0 spiro atoms. The van der Waals surface area contributed by atoms with E-state index in [1.54, 1.807) is 6.07 Å². The topological polar surface area (TPSA) is 66.4 Å². The van der Waals surface area contributed by atoms with Crippen molar-refractivity contribution >= 4 is 23.5 Å². The lowest BCUT2D eigenvalue weighted by atomic mass is 9.76. The van der Waals surface area contributed by atoms with Gasteiger partial charge in [0, 0.05) is 22.4 Å². The summed E-state index contributed by atoms with van der Waals surface area (Å²) in [4.78, 5) is 23.4. The zero-order valence-corrected chi connectivity index (χ0v) is 12.0. The first-order chi connectivity index (χ1) is 9.94. The molecule has 0 saturated heterocycles. The van der Waals surface area contributed by atoms with Crippen molar-refractivity contribution in [2.75, 3.05) is 0 Å². The Kier molecular flexibility index (Phi) is 3.40. The molecule has 0 bridgehead atoms. The highest BCUT2D eigenvalue weighted by Gasteiger charge is 2.51. The first-order valence-electron chi connectivity index (χ1n) is 6.94. The molecule has 0 aliphatic heterocycles. The van der Waals surface area contributed by atoms with Gasteiger partial charge >= 0.3 is 5.97 Å². The molecule has 1 aromatic rings. The van der Waals surface area contributed by atoms with Crippen molar-refractivity contribution < 1.29 is 19.1 Å². The number of carbonyl (C=O) groups excluding carboxylic acids is 1. The number of benzene rings is 1. The Morgan fingerprint density at radius 2 is 2.10 bits per heavy atom. The van der Waals surface area contributed by atoms with Crippen LogP contribution in [0.25, 0.3) is 0 Å². The van der Waals surface area contributed by atoms with E-state index in [4.69, 9.17) is 11.6 Å². The zero-order chi connectivity index (χ0) is 15.2. The van der Waals surface area contributed by atoms with Crippen LogP contribution >= 0.6 is 11.6 Å². The number of nitrogens with one attached hydrogen (secondary N) is 1. The summed E-state index contributed by atoms with van der Waals surface area (Å²) < 4.78 is 13.8. The number of aliphatic carboxylic acids is 1. The largest absolute Gasteiger partial charge is 0.480 e. The fourth-order valence-electron chi connectivity index (χ4n) is 2.92. The minimum absolute atomic E-state index is 0.260. The molecule has 1 amide bonds. The first-order valence-corrected chi connectivity index (χ1v) is 7.32. The lowest BCUT2D eigenvalue weighted by Gasteiger charge is -2.38. The fraction of sp³-hybridized carbons (Fsp3) is 0.467. The number of amides is 1. The molecule has 0 unspecified atom stereocenters. The Labute approximate surface area is 126 Å². The van der Waals surface area contributed by atoms with E-state index < -0.39 is 23.2 Å². The summed E-state index contributed by atoms with van der Waals surface area (Å²) in [5.41, 5.74) is -0.763. The summed E-state index contributed by atoms with van der Waals surface area (Å²) in [5.74, 6) is -2.38. The first kappa shape index (κ1) is 14.3. The Balaban J connectivity index is 1.71. The normalized spacial score (nSPS) is 25.8. The molecular weight excluding hydrogens is 297 g/mol. The number of rotatable bonds is 4. The van der Waals surface area contributed by atoms with E-state index in [0.717, 1.165) is 6.42 Å². The van der Waals surface area contributed by atoms with Crippen LogP contribution in [-0.4, -0.2) is 22.5 Å². The third-order valence-electron chi connectivity index (χ3n) is 4.48. The molecule has 112 valence electrons. The second-order valence-corrected chi connectivity index (χ2v) is 6.22. The van der Waals surface area contributed by atoms with Crippen molar-refractivity contribution in [2.24, 2.45) is 5.92 Å². The highest BCUT2D eigenvalue weighted by Crippen LogP contribution is 2.51. The minimum Gasteiger partial charge on any atom is -0.480 e. The van der Waals surface area contributed by atoms with E-state index in [9.17, 15) is 19.1 Å². The van der Waals surface area contributed by atoms with Crippen LogP contribution in [0, 0.1) is 11.7 Å².